The minimum absolute atomic E-state index is 0.0595. The summed E-state index contributed by atoms with van der Waals surface area (Å²) in [5.74, 6) is -1.83. The predicted octanol–water partition coefficient (Wildman–Crippen LogP) is 4.08. The molecule has 4 atom stereocenters. The molecule has 6 nitrogen and oxygen atoms in total. The number of carboxylic acids is 1. The van der Waals surface area contributed by atoms with Gasteiger partial charge in [-0.3, -0.25) is 0 Å². The van der Waals surface area contributed by atoms with E-state index >= 15 is 4.39 Å². The second-order valence-corrected chi connectivity index (χ2v) is 7.35. The molecule has 2 aromatic carbocycles. The normalized spacial score (nSPS) is 28.9. The zero-order chi connectivity index (χ0) is 21.4. The van der Waals surface area contributed by atoms with Crippen molar-refractivity contribution in [2.24, 2.45) is 0 Å². The number of carbonyl (C=O) groups is 2. The van der Waals surface area contributed by atoms with Crippen molar-refractivity contribution in [3.8, 4) is 0 Å². The number of hydrogen-bond acceptors (Lipinski definition) is 5. The van der Waals surface area contributed by atoms with Gasteiger partial charge in [-0.25, -0.2) is 14.0 Å². The van der Waals surface area contributed by atoms with E-state index in [0.717, 1.165) is 0 Å². The first-order valence-corrected chi connectivity index (χ1v) is 9.12. The fraction of sp³-hybridized carbons (Fsp3) is 0.364. The van der Waals surface area contributed by atoms with Crippen LogP contribution in [0.25, 0.3) is 0 Å². The maximum Gasteiger partial charge on any atom is 0.338 e. The lowest BCUT2D eigenvalue weighted by atomic mass is 9.80. The molecule has 3 rings (SSSR count). The topological polar surface area (TPSA) is 82.1 Å². The molecule has 0 spiro atoms. The summed E-state index contributed by atoms with van der Waals surface area (Å²) in [5.41, 5.74) is -2.84. The Bertz CT molecular complexity index is 926. The fourth-order valence-corrected chi connectivity index (χ4v) is 3.67. The molecule has 1 heterocycles. The minimum atomic E-state index is -2.21. The van der Waals surface area contributed by atoms with Crippen molar-refractivity contribution >= 4 is 11.9 Å². The van der Waals surface area contributed by atoms with E-state index in [2.05, 4.69) is 0 Å². The molecule has 7 heteroatoms. The highest BCUT2D eigenvalue weighted by molar-refractivity contribution is 5.90. The molecule has 0 bridgehead atoms. The number of hydrogen-bond donors (Lipinski definition) is 1. The molecule has 2 unspecified atom stereocenters. The smallest absolute Gasteiger partial charge is 0.338 e. The number of benzene rings is 2. The first-order valence-electron chi connectivity index (χ1n) is 9.12. The monoisotopic (exact) mass is 402 g/mol. The molecule has 1 fully saturated rings. The summed E-state index contributed by atoms with van der Waals surface area (Å²) >= 11 is 0. The van der Waals surface area contributed by atoms with Crippen LogP contribution in [-0.2, 0) is 14.2 Å². The molecule has 0 aromatic heterocycles. The van der Waals surface area contributed by atoms with Gasteiger partial charge in [0.15, 0.2) is 11.9 Å². The Kier molecular flexibility index (Phi) is 5.47. The first kappa shape index (κ1) is 21.0. The van der Waals surface area contributed by atoms with E-state index in [1.165, 1.54) is 27.0 Å². The van der Waals surface area contributed by atoms with Gasteiger partial charge in [0.05, 0.1) is 11.1 Å². The highest BCUT2D eigenvalue weighted by Gasteiger charge is 2.67. The van der Waals surface area contributed by atoms with Crippen molar-refractivity contribution in [2.75, 3.05) is 7.11 Å². The third-order valence-electron chi connectivity index (χ3n) is 5.59. The summed E-state index contributed by atoms with van der Waals surface area (Å²) in [4.78, 5) is 24.3. The number of methoxy groups -OCH3 is 1. The van der Waals surface area contributed by atoms with Crippen molar-refractivity contribution < 1.29 is 33.3 Å². The SMILES string of the molecule is COC1O[C@H](c2cccc(C(=O)O)c2C)C(C)(OC(=O)c2ccccc2)[C@@]1(C)F. The molecular weight excluding hydrogens is 379 g/mol. The van der Waals surface area contributed by atoms with Gasteiger partial charge in [0.2, 0.25) is 5.67 Å². The van der Waals surface area contributed by atoms with Crippen LogP contribution in [-0.4, -0.2) is 41.7 Å². The predicted molar refractivity (Wildman–Crippen MR) is 103 cm³/mol. The van der Waals surface area contributed by atoms with Gasteiger partial charge in [0.1, 0.15) is 6.10 Å². The lowest BCUT2D eigenvalue weighted by Gasteiger charge is -2.37. The van der Waals surface area contributed by atoms with Gasteiger partial charge in [-0.2, -0.15) is 0 Å². The third-order valence-corrected chi connectivity index (χ3v) is 5.59. The van der Waals surface area contributed by atoms with Crippen LogP contribution in [0.3, 0.4) is 0 Å². The van der Waals surface area contributed by atoms with Crippen LogP contribution in [0.1, 0.15) is 51.8 Å². The molecule has 154 valence electrons. The molecule has 1 saturated heterocycles. The van der Waals surface area contributed by atoms with E-state index in [-0.39, 0.29) is 11.1 Å². The number of esters is 1. The van der Waals surface area contributed by atoms with Crippen molar-refractivity contribution in [1.29, 1.82) is 0 Å². The van der Waals surface area contributed by atoms with Crippen LogP contribution < -0.4 is 0 Å². The van der Waals surface area contributed by atoms with Crippen molar-refractivity contribution in [3.63, 3.8) is 0 Å². The molecule has 0 radical (unpaired) electrons. The van der Waals surface area contributed by atoms with Crippen LogP contribution >= 0.6 is 0 Å². The third kappa shape index (κ3) is 3.41. The lowest BCUT2D eigenvalue weighted by molar-refractivity contribution is -0.164. The van der Waals surface area contributed by atoms with E-state index in [0.29, 0.717) is 11.1 Å². The van der Waals surface area contributed by atoms with E-state index < -0.39 is 35.6 Å². The molecule has 29 heavy (non-hydrogen) atoms. The van der Waals surface area contributed by atoms with E-state index in [9.17, 15) is 14.7 Å². The standard InChI is InChI=1S/C22H23FO6/c1-13-15(11-8-12-16(13)18(24)25)17-22(3,21(2,23)20(27-4)28-17)29-19(26)14-9-6-5-7-10-14/h5-12,17,20H,1-4H3,(H,24,25)/t17-,20?,21+,22?/m1/s1. The average molecular weight is 402 g/mol. The van der Waals surface area contributed by atoms with Gasteiger partial charge in [0.25, 0.3) is 0 Å². The summed E-state index contributed by atoms with van der Waals surface area (Å²) in [5, 5.41) is 9.43. The largest absolute Gasteiger partial charge is 0.478 e. The Morgan fingerprint density at radius 1 is 1.10 bits per heavy atom. The first-order chi connectivity index (χ1) is 13.6. The number of aromatic carboxylic acids is 1. The Labute approximate surface area is 168 Å². The average Bonchev–Trinajstić information content (AvgIpc) is 2.88. The van der Waals surface area contributed by atoms with Gasteiger partial charge in [0, 0.05) is 7.11 Å². The number of carbonyl (C=O) groups excluding carboxylic acids is 1. The number of halogens is 1. The lowest BCUT2D eigenvalue weighted by Crippen LogP contribution is -2.53. The number of ether oxygens (including phenoxy) is 3. The maximum absolute atomic E-state index is 15.9. The molecule has 1 N–H and O–H groups in total. The molecular formula is C22H23FO6. The van der Waals surface area contributed by atoms with E-state index in [1.54, 1.807) is 49.4 Å². The fourth-order valence-electron chi connectivity index (χ4n) is 3.67. The van der Waals surface area contributed by atoms with E-state index in [4.69, 9.17) is 14.2 Å². The van der Waals surface area contributed by atoms with Crippen LogP contribution in [0.4, 0.5) is 4.39 Å². The van der Waals surface area contributed by atoms with Gasteiger partial charge >= 0.3 is 11.9 Å². The zero-order valence-corrected chi connectivity index (χ0v) is 16.6. The number of rotatable bonds is 5. The molecule has 1 aliphatic rings. The number of carboxylic acid groups (broad SMARTS) is 1. The van der Waals surface area contributed by atoms with Crippen molar-refractivity contribution in [1.82, 2.24) is 0 Å². The Balaban J connectivity index is 2.09. The van der Waals surface area contributed by atoms with E-state index in [1.807, 2.05) is 0 Å². The zero-order valence-electron chi connectivity index (χ0n) is 16.6. The second-order valence-electron chi connectivity index (χ2n) is 7.35. The minimum Gasteiger partial charge on any atom is -0.478 e. The molecule has 2 aromatic rings. The molecule has 1 aliphatic heterocycles. The highest BCUT2D eigenvalue weighted by atomic mass is 19.1. The van der Waals surface area contributed by atoms with Gasteiger partial charge in [-0.1, -0.05) is 30.3 Å². The van der Waals surface area contributed by atoms with Gasteiger partial charge < -0.3 is 19.3 Å². The van der Waals surface area contributed by atoms with Gasteiger partial charge in [-0.15, -0.1) is 0 Å². The Hall–Kier alpha value is -2.77. The summed E-state index contributed by atoms with van der Waals surface area (Å²) < 4.78 is 32.6. The van der Waals surface area contributed by atoms with Crippen LogP contribution in [0.2, 0.25) is 0 Å². The molecule has 0 amide bonds. The summed E-state index contributed by atoms with van der Waals surface area (Å²) in [6.07, 6.45) is -2.39. The van der Waals surface area contributed by atoms with Crippen molar-refractivity contribution in [2.45, 2.75) is 44.4 Å². The number of alkyl halides is 1. The quantitative estimate of drug-likeness (QED) is 0.759. The van der Waals surface area contributed by atoms with Crippen LogP contribution in [0, 0.1) is 6.92 Å². The van der Waals surface area contributed by atoms with Gasteiger partial charge in [-0.05, 0) is 50.1 Å². The summed E-state index contributed by atoms with van der Waals surface area (Å²) in [7, 11) is 1.30. The Morgan fingerprint density at radius 2 is 1.76 bits per heavy atom. The maximum atomic E-state index is 15.9. The highest BCUT2D eigenvalue weighted by Crippen LogP contribution is 2.53. The van der Waals surface area contributed by atoms with Crippen molar-refractivity contribution in [3.05, 3.63) is 70.8 Å². The summed E-state index contributed by atoms with van der Waals surface area (Å²) in [6.45, 7) is 4.29. The molecule has 0 aliphatic carbocycles. The second kappa shape index (κ2) is 7.57. The van der Waals surface area contributed by atoms with Crippen LogP contribution in [0.15, 0.2) is 48.5 Å². The summed E-state index contributed by atoms with van der Waals surface area (Å²) in [6, 6.07) is 12.9. The van der Waals surface area contributed by atoms with Crippen LogP contribution in [0.5, 0.6) is 0 Å². The Morgan fingerprint density at radius 3 is 2.34 bits per heavy atom. The molecule has 0 saturated carbocycles.